The van der Waals surface area contributed by atoms with Crippen molar-refractivity contribution < 1.29 is 62.6 Å². The SMILES string of the molecule is Cn1c(Nc2cc(CNC(=O)C3(C(F)(F)F)CC3)ccc2C(F)(F)F)nc2cc(C(=O)NCC3CCC(NC(F)(F)F)CC3)c(OCC(F)F)nc21. The summed E-state index contributed by atoms with van der Waals surface area (Å²) in [5.74, 6) is -3.13. The van der Waals surface area contributed by atoms with E-state index in [0.29, 0.717) is 18.9 Å². The van der Waals surface area contributed by atoms with E-state index in [4.69, 9.17) is 4.74 Å². The van der Waals surface area contributed by atoms with Crippen LogP contribution in [0.15, 0.2) is 24.3 Å². The van der Waals surface area contributed by atoms with Crippen LogP contribution in [0.5, 0.6) is 5.88 Å². The summed E-state index contributed by atoms with van der Waals surface area (Å²) in [6, 6.07) is 2.97. The lowest BCUT2D eigenvalue weighted by Gasteiger charge is -2.29. The molecule has 10 nitrogen and oxygen atoms in total. The van der Waals surface area contributed by atoms with Gasteiger partial charge in [-0.15, -0.1) is 0 Å². The van der Waals surface area contributed by atoms with Gasteiger partial charge in [0.2, 0.25) is 17.7 Å². The molecule has 4 N–H and O–H groups in total. The van der Waals surface area contributed by atoms with Gasteiger partial charge in [0.15, 0.2) is 12.3 Å². The van der Waals surface area contributed by atoms with E-state index in [2.05, 4.69) is 25.9 Å². The second kappa shape index (κ2) is 14.5. The molecule has 2 heterocycles. The van der Waals surface area contributed by atoms with Crippen LogP contribution >= 0.6 is 0 Å². The molecule has 0 atom stereocenters. The third kappa shape index (κ3) is 8.95. The number of alkyl halides is 11. The van der Waals surface area contributed by atoms with Gasteiger partial charge < -0.3 is 20.7 Å². The van der Waals surface area contributed by atoms with Crippen molar-refractivity contribution in [1.29, 1.82) is 0 Å². The minimum Gasteiger partial charge on any atom is -0.471 e. The first-order valence-corrected chi connectivity index (χ1v) is 15.9. The summed E-state index contributed by atoms with van der Waals surface area (Å²) < 4.78 is 152. The van der Waals surface area contributed by atoms with Crippen molar-refractivity contribution in [3.8, 4) is 5.88 Å². The molecular formula is C31H32F11N7O3. The van der Waals surface area contributed by atoms with Gasteiger partial charge in [-0.1, -0.05) is 6.07 Å². The van der Waals surface area contributed by atoms with Gasteiger partial charge in [0.25, 0.3) is 12.3 Å². The molecule has 0 spiro atoms. The number of ether oxygens (including phenoxy) is 1. The summed E-state index contributed by atoms with van der Waals surface area (Å²) in [6.07, 6.45) is -16.9. The number of benzene rings is 1. The second-order valence-corrected chi connectivity index (χ2v) is 12.7. The Bertz CT molecular complexity index is 1780. The van der Waals surface area contributed by atoms with Gasteiger partial charge in [-0.3, -0.25) is 14.2 Å². The number of amides is 2. The summed E-state index contributed by atoms with van der Waals surface area (Å²) in [6.45, 7) is -1.66. The Morgan fingerprint density at radius 3 is 2.21 bits per heavy atom. The van der Waals surface area contributed by atoms with E-state index >= 15 is 0 Å². The number of fused-ring (bicyclic) bond motifs is 1. The zero-order valence-corrected chi connectivity index (χ0v) is 27.1. The molecule has 0 saturated heterocycles. The average molecular weight is 760 g/mol. The van der Waals surface area contributed by atoms with E-state index < -0.39 is 91.5 Å². The molecule has 2 fully saturated rings. The molecule has 0 aliphatic heterocycles. The number of pyridine rings is 1. The Morgan fingerprint density at radius 2 is 1.63 bits per heavy atom. The Hall–Kier alpha value is -4.43. The molecule has 0 bridgehead atoms. The number of hydrogen-bond acceptors (Lipinski definition) is 7. The number of nitrogens with zero attached hydrogens (tertiary/aromatic N) is 3. The van der Waals surface area contributed by atoms with Gasteiger partial charge in [-0.25, -0.2) is 19.1 Å². The first kappa shape index (κ1) is 38.8. The van der Waals surface area contributed by atoms with Crippen LogP contribution in [0.3, 0.4) is 0 Å². The van der Waals surface area contributed by atoms with Crippen LogP contribution in [0, 0.1) is 11.3 Å². The largest absolute Gasteiger partial charge is 0.471 e. The maximum atomic E-state index is 14.0. The average Bonchev–Trinajstić information content (AvgIpc) is 3.82. The molecule has 286 valence electrons. The van der Waals surface area contributed by atoms with Crippen LogP contribution in [0.1, 0.15) is 60.0 Å². The molecule has 21 heteroatoms. The van der Waals surface area contributed by atoms with Crippen molar-refractivity contribution in [2.45, 2.75) is 76.2 Å². The second-order valence-electron chi connectivity index (χ2n) is 12.7. The van der Waals surface area contributed by atoms with Crippen molar-refractivity contribution in [1.82, 2.24) is 30.5 Å². The number of halogens is 11. The molecule has 2 saturated carbocycles. The molecule has 3 aromatic rings. The van der Waals surface area contributed by atoms with Crippen LogP contribution in [0.2, 0.25) is 0 Å². The smallest absolute Gasteiger partial charge is 0.457 e. The molecule has 0 unspecified atom stereocenters. The molecule has 2 aromatic heterocycles. The fourth-order valence-electron chi connectivity index (χ4n) is 5.98. The molecule has 1 aromatic carbocycles. The van der Waals surface area contributed by atoms with E-state index in [1.807, 2.05) is 0 Å². The van der Waals surface area contributed by atoms with Gasteiger partial charge in [-0.05, 0) is 68.2 Å². The minimum atomic E-state index is -4.92. The molecule has 2 aliphatic carbocycles. The minimum absolute atomic E-state index is 0.0189. The number of aryl methyl sites for hydroxylation is 1. The van der Waals surface area contributed by atoms with Crippen LogP contribution in [-0.2, 0) is 24.6 Å². The number of imidazole rings is 1. The molecule has 2 aliphatic rings. The highest BCUT2D eigenvalue weighted by atomic mass is 19.4. The predicted molar refractivity (Wildman–Crippen MR) is 162 cm³/mol. The zero-order chi connectivity index (χ0) is 38.2. The molecule has 52 heavy (non-hydrogen) atoms. The highest BCUT2D eigenvalue weighted by Crippen LogP contribution is 2.57. The van der Waals surface area contributed by atoms with Crippen LogP contribution < -0.4 is 26.0 Å². The summed E-state index contributed by atoms with van der Waals surface area (Å²) in [5.41, 5.74) is -4.82. The summed E-state index contributed by atoms with van der Waals surface area (Å²) >= 11 is 0. The van der Waals surface area contributed by atoms with Crippen LogP contribution in [0.4, 0.5) is 59.9 Å². The number of hydrogen-bond donors (Lipinski definition) is 4. The van der Waals surface area contributed by atoms with Crippen LogP contribution in [-0.4, -0.2) is 64.4 Å². The maximum Gasteiger partial charge on any atom is 0.457 e. The van der Waals surface area contributed by atoms with Gasteiger partial charge in [-0.2, -0.15) is 44.5 Å². The lowest BCUT2D eigenvalue weighted by Crippen LogP contribution is -2.43. The van der Waals surface area contributed by atoms with Crippen LogP contribution in [0.25, 0.3) is 11.2 Å². The number of carbonyl (C=O) groups excluding carboxylic acids is 2. The van der Waals surface area contributed by atoms with E-state index in [9.17, 15) is 57.9 Å². The molecule has 2 amide bonds. The first-order valence-electron chi connectivity index (χ1n) is 15.9. The summed E-state index contributed by atoms with van der Waals surface area (Å²) in [7, 11) is 1.31. The maximum absolute atomic E-state index is 14.0. The van der Waals surface area contributed by atoms with Gasteiger partial charge in [0, 0.05) is 26.2 Å². The van der Waals surface area contributed by atoms with Crippen molar-refractivity contribution in [2.24, 2.45) is 18.4 Å². The number of carbonyl (C=O) groups is 2. The standard InChI is InChI=1S/C31H32F11N7O3/c1-49-23-21(11-18(25(47-23)52-14-22(32)33)24(50)43-12-15-2-5-17(6-3-15)48-31(40,41)42)46-27(49)45-20-10-16(4-7-19(20)29(34,35)36)13-44-26(51)28(8-9-28)30(37,38)39/h4,7,10-11,15,17,22,48H,2-3,5-6,8-9,12-14H2,1H3,(H,43,50)(H,44,51)(H,45,46). The first-order chi connectivity index (χ1) is 24.2. The Kier molecular flexibility index (Phi) is 10.8. The van der Waals surface area contributed by atoms with Gasteiger partial charge in [0.05, 0.1) is 11.3 Å². The molecular weight excluding hydrogens is 727 g/mol. The molecule has 0 radical (unpaired) electrons. The Balaban J connectivity index is 1.36. The number of rotatable bonds is 12. The topological polar surface area (TPSA) is 122 Å². The number of aromatic nitrogens is 3. The van der Waals surface area contributed by atoms with E-state index in [1.165, 1.54) is 7.05 Å². The van der Waals surface area contributed by atoms with Gasteiger partial charge >= 0.3 is 18.7 Å². The highest BCUT2D eigenvalue weighted by Gasteiger charge is 2.68. The lowest BCUT2D eigenvalue weighted by molar-refractivity contribution is -0.192. The zero-order valence-electron chi connectivity index (χ0n) is 27.1. The monoisotopic (exact) mass is 759 g/mol. The fourth-order valence-corrected chi connectivity index (χ4v) is 5.98. The van der Waals surface area contributed by atoms with Crippen molar-refractivity contribution >= 4 is 34.6 Å². The van der Waals surface area contributed by atoms with Gasteiger partial charge in [0.1, 0.15) is 16.5 Å². The third-order valence-corrected chi connectivity index (χ3v) is 8.98. The lowest BCUT2D eigenvalue weighted by atomic mass is 9.86. The summed E-state index contributed by atoms with van der Waals surface area (Å²) in [5, 5.41) is 8.81. The van der Waals surface area contributed by atoms with E-state index in [-0.39, 0.29) is 53.5 Å². The third-order valence-electron chi connectivity index (χ3n) is 8.98. The number of nitrogens with one attached hydrogen (secondary N) is 4. The quantitative estimate of drug-likeness (QED) is 0.119. The molecule has 5 rings (SSSR count). The van der Waals surface area contributed by atoms with Crippen molar-refractivity contribution in [2.75, 3.05) is 18.5 Å². The summed E-state index contributed by atoms with van der Waals surface area (Å²) in [4.78, 5) is 33.8. The van der Waals surface area contributed by atoms with Crippen molar-refractivity contribution in [3.05, 3.63) is 41.0 Å². The van der Waals surface area contributed by atoms with E-state index in [1.54, 1.807) is 5.32 Å². The fraction of sp³-hybridized carbons (Fsp3) is 0.548. The normalized spacial score (nSPS) is 19.1. The Morgan fingerprint density at radius 1 is 0.962 bits per heavy atom. The number of anilines is 2. The highest BCUT2D eigenvalue weighted by molar-refractivity contribution is 5.99. The Labute approximate surface area is 287 Å². The van der Waals surface area contributed by atoms with Crippen molar-refractivity contribution in [3.63, 3.8) is 0 Å². The predicted octanol–water partition coefficient (Wildman–Crippen LogP) is 6.73. The van der Waals surface area contributed by atoms with E-state index in [0.717, 1.165) is 22.8 Å².